The number of rotatable bonds is 1. The van der Waals surface area contributed by atoms with Crippen LogP contribution in [0.3, 0.4) is 0 Å². The van der Waals surface area contributed by atoms with E-state index in [0.29, 0.717) is 23.1 Å². The Balaban J connectivity index is 1.79. The Morgan fingerprint density at radius 1 is 0.920 bits per heavy atom. The lowest BCUT2D eigenvalue weighted by molar-refractivity contribution is 0.584. The number of aryl methyl sites for hydroxylation is 1. The van der Waals surface area contributed by atoms with Gasteiger partial charge in [0.25, 0.3) is 0 Å². The molecule has 4 heteroatoms. The minimum atomic E-state index is -0.603. The van der Waals surface area contributed by atoms with Crippen molar-refractivity contribution in [1.29, 1.82) is 5.26 Å². The summed E-state index contributed by atoms with van der Waals surface area (Å²) in [5.74, 6) is -1.21. The molecule has 0 unspecified atom stereocenters. The van der Waals surface area contributed by atoms with E-state index >= 15 is 0 Å². The smallest absolute Gasteiger partial charge is 0.126 e. The van der Waals surface area contributed by atoms with Crippen molar-refractivity contribution < 1.29 is 8.78 Å². The molecular weight excluding hydrogens is 318 g/mol. The van der Waals surface area contributed by atoms with Crippen molar-refractivity contribution in [2.45, 2.75) is 19.3 Å². The molecule has 0 N–H and O–H groups in total. The number of hydrogen-bond acceptors (Lipinski definition) is 2. The van der Waals surface area contributed by atoms with Gasteiger partial charge in [0, 0.05) is 23.5 Å². The van der Waals surface area contributed by atoms with Gasteiger partial charge in [0.2, 0.25) is 0 Å². The third-order valence-corrected chi connectivity index (χ3v) is 4.64. The zero-order valence-corrected chi connectivity index (χ0v) is 13.4. The first-order valence-electron chi connectivity index (χ1n) is 8.09. The fraction of sp³-hybridized carbons (Fsp3) is 0.143. The predicted octanol–water partition coefficient (Wildman–Crippen LogP) is 4.59. The van der Waals surface area contributed by atoms with Gasteiger partial charge in [-0.15, -0.1) is 0 Å². The maximum absolute atomic E-state index is 13.5. The van der Waals surface area contributed by atoms with E-state index in [1.165, 1.54) is 12.1 Å². The Kier molecular flexibility index (Phi) is 3.77. The summed E-state index contributed by atoms with van der Waals surface area (Å²) in [6, 6.07) is 13.4. The molecule has 0 fully saturated rings. The van der Waals surface area contributed by atoms with Crippen molar-refractivity contribution in [2.24, 2.45) is 0 Å². The van der Waals surface area contributed by atoms with Crippen molar-refractivity contribution in [3.8, 4) is 17.2 Å². The summed E-state index contributed by atoms with van der Waals surface area (Å²) >= 11 is 0. The van der Waals surface area contributed by atoms with Crippen LogP contribution >= 0.6 is 0 Å². The van der Waals surface area contributed by atoms with Gasteiger partial charge >= 0.3 is 0 Å². The SMILES string of the molecule is N#Cc1cccc2c1CCc1ncc(-c3cc(F)cc(F)c3)cc1C2. The van der Waals surface area contributed by atoms with Gasteiger partial charge in [-0.25, -0.2) is 8.78 Å². The highest BCUT2D eigenvalue weighted by molar-refractivity contribution is 5.64. The van der Waals surface area contributed by atoms with Crippen molar-refractivity contribution >= 4 is 0 Å². The van der Waals surface area contributed by atoms with E-state index in [9.17, 15) is 14.0 Å². The molecule has 1 aromatic heterocycles. The van der Waals surface area contributed by atoms with Gasteiger partial charge in [-0.05, 0) is 65.8 Å². The van der Waals surface area contributed by atoms with Crippen molar-refractivity contribution in [3.63, 3.8) is 0 Å². The number of halogens is 2. The molecule has 4 rings (SSSR count). The number of nitriles is 1. The second kappa shape index (κ2) is 6.10. The van der Waals surface area contributed by atoms with Crippen LogP contribution in [-0.2, 0) is 19.3 Å². The number of nitrogens with zero attached hydrogens (tertiary/aromatic N) is 2. The van der Waals surface area contributed by atoms with Gasteiger partial charge in [-0.1, -0.05) is 12.1 Å². The van der Waals surface area contributed by atoms with E-state index in [1.807, 2.05) is 24.3 Å². The standard InChI is InChI=1S/C21H14F2N2/c22-18-8-15(9-19(23)10-18)17-7-16-6-13-2-1-3-14(11-24)20(13)4-5-21(16)25-12-17/h1-3,7-10,12H,4-6H2. The Labute approximate surface area is 144 Å². The minimum Gasteiger partial charge on any atom is -0.260 e. The molecule has 2 aromatic carbocycles. The van der Waals surface area contributed by atoms with Gasteiger partial charge < -0.3 is 0 Å². The van der Waals surface area contributed by atoms with Gasteiger partial charge in [-0.2, -0.15) is 5.26 Å². The summed E-state index contributed by atoms with van der Waals surface area (Å²) in [5, 5.41) is 9.31. The quantitative estimate of drug-likeness (QED) is 0.653. The van der Waals surface area contributed by atoms with E-state index in [2.05, 4.69) is 11.1 Å². The maximum Gasteiger partial charge on any atom is 0.126 e. The molecule has 0 saturated heterocycles. The molecule has 0 aliphatic heterocycles. The molecule has 2 nitrogen and oxygen atoms in total. The van der Waals surface area contributed by atoms with Crippen molar-refractivity contribution in [3.05, 3.63) is 88.2 Å². The van der Waals surface area contributed by atoms with Crippen LogP contribution in [-0.4, -0.2) is 4.98 Å². The molecule has 0 amide bonds. The molecule has 1 aliphatic rings. The Hall–Kier alpha value is -3.06. The van der Waals surface area contributed by atoms with Gasteiger partial charge in [0.1, 0.15) is 11.6 Å². The predicted molar refractivity (Wildman–Crippen MR) is 91.0 cm³/mol. The van der Waals surface area contributed by atoms with Crippen LogP contribution in [0, 0.1) is 23.0 Å². The molecule has 0 saturated carbocycles. The Morgan fingerprint density at radius 2 is 1.72 bits per heavy atom. The number of hydrogen-bond donors (Lipinski definition) is 0. The second-order valence-corrected chi connectivity index (χ2v) is 6.22. The van der Waals surface area contributed by atoms with Crippen LogP contribution in [0.1, 0.15) is 27.9 Å². The van der Waals surface area contributed by atoms with Gasteiger partial charge in [-0.3, -0.25) is 4.98 Å². The van der Waals surface area contributed by atoms with Crippen molar-refractivity contribution in [1.82, 2.24) is 4.98 Å². The van der Waals surface area contributed by atoms with Crippen LogP contribution < -0.4 is 0 Å². The molecule has 0 bridgehead atoms. The highest BCUT2D eigenvalue weighted by Gasteiger charge is 2.17. The van der Waals surface area contributed by atoms with E-state index in [-0.39, 0.29) is 0 Å². The first-order valence-corrected chi connectivity index (χ1v) is 8.09. The number of benzene rings is 2. The topological polar surface area (TPSA) is 36.7 Å². The number of fused-ring (bicyclic) bond motifs is 2. The van der Waals surface area contributed by atoms with Crippen LogP contribution in [0.25, 0.3) is 11.1 Å². The fourth-order valence-electron chi connectivity index (χ4n) is 3.44. The average molecular weight is 332 g/mol. The molecule has 0 radical (unpaired) electrons. The van der Waals surface area contributed by atoms with E-state index in [0.717, 1.165) is 41.3 Å². The molecule has 0 atom stereocenters. The largest absolute Gasteiger partial charge is 0.260 e. The monoisotopic (exact) mass is 332 g/mol. The fourth-order valence-corrected chi connectivity index (χ4v) is 3.44. The molecule has 1 aliphatic carbocycles. The highest BCUT2D eigenvalue weighted by Crippen LogP contribution is 2.29. The molecule has 1 heterocycles. The van der Waals surface area contributed by atoms with Crippen molar-refractivity contribution in [2.75, 3.05) is 0 Å². The third-order valence-electron chi connectivity index (χ3n) is 4.64. The zero-order valence-electron chi connectivity index (χ0n) is 13.4. The zero-order chi connectivity index (χ0) is 17.4. The van der Waals surface area contributed by atoms with Gasteiger partial charge in [0.05, 0.1) is 11.6 Å². The summed E-state index contributed by atoms with van der Waals surface area (Å²) in [6.07, 6.45) is 3.85. The van der Waals surface area contributed by atoms with E-state index in [4.69, 9.17) is 0 Å². The summed E-state index contributed by atoms with van der Waals surface area (Å²) in [6.45, 7) is 0. The normalized spacial score (nSPS) is 12.7. The molecule has 25 heavy (non-hydrogen) atoms. The first-order chi connectivity index (χ1) is 12.1. The Bertz CT molecular complexity index is 999. The first kappa shape index (κ1) is 15.5. The molecular formula is C21H14F2N2. The summed E-state index contributed by atoms with van der Waals surface area (Å²) in [4.78, 5) is 4.53. The molecule has 0 spiro atoms. The average Bonchev–Trinajstić information content (AvgIpc) is 2.79. The lowest BCUT2D eigenvalue weighted by atomic mass is 9.96. The lowest BCUT2D eigenvalue weighted by Gasteiger charge is -2.09. The number of aromatic nitrogens is 1. The third kappa shape index (κ3) is 2.89. The summed E-state index contributed by atoms with van der Waals surface area (Å²) in [5.41, 5.74) is 6.07. The molecule has 122 valence electrons. The lowest BCUT2D eigenvalue weighted by Crippen LogP contribution is -1.97. The van der Waals surface area contributed by atoms with Crippen LogP contribution in [0.15, 0.2) is 48.7 Å². The van der Waals surface area contributed by atoms with E-state index < -0.39 is 11.6 Å². The Morgan fingerprint density at radius 3 is 2.48 bits per heavy atom. The maximum atomic E-state index is 13.5. The minimum absolute atomic E-state index is 0.475. The van der Waals surface area contributed by atoms with Crippen LogP contribution in [0.4, 0.5) is 8.78 Å². The van der Waals surface area contributed by atoms with E-state index in [1.54, 1.807) is 6.20 Å². The molecule has 3 aromatic rings. The van der Waals surface area contributed by atoms with Gasteiger partial charge in [0.15, 0.2) is 0 Å². The van der Waals surface area contributed by atoms with Crippen LogP contribution in [0.5, 0.6) is 0 Å². The van der Waals surface area contributed by atoms with Crippen LogP contribution in [0.2, 0.25) is 0 Å². The second-order valence-electron chi connectivity index (χ2n) is 6.22. The highest BCUT2D eigenvalue weighted by atomic mass is 19.1. The summed E-state index contributed by atoms with van der Waals surface area (Å²) < 4.78 is 27.0. The number of pyridine rings is 1. The summed E-state index contributed by atoms with van der Waals surface area (Å²) in [7, 11) is 0.